The number of rotatable bonds is 2. The molecule has 0 radical (unpaired) electrons. The SMILES string of the molecule is C1=C(c2c3ccccc3c(-c3ccc4c(ccc5ccccc54)c3)c3ccccc23)c2ccccc2CC1. The first-order valence-electron chi connectivity index (χ1n) is 13.5. The van der Waals surface area contributed by atoms with Gasteiger partial charge < -0.3 is 0 Å². The van der Waals surface area contributed by atoms with Crippen LogP contribution in [0.5, 0.6) is 0 Å². The van der Waals surface area contributed by atoms with Crippen molar-refractivity contribution in [2.75, 3.05) is 0 Å². The maximum Gasteiger partial charge on any atom is -0.00235 e. The highest BCUT2D eigenvalue weighted by Gasteiger charge is 2.21. The molecule has 0 saturated heterocycles. The Morgan fingerprint density at radius 3 is 1.76 bits per heavy atom. The number of allylic oxidation sites excluding steroid dienone is 1. The molecule has 0 heterocycles. The lowest BCUT2D eigenvalue weighted by Gasteiger charge is -2.23. The van der Waals surface area contributed by atoms with Gasteiger partial charge in [-0.2, -0.15) is 0 Å². The minimum atomic E-state index is 1.08. The summed E-state index contributed by atoms with van der Waals surface area (Å²) < 4.78 is 0. The Bertz CT molecular complexity index is 2020. The van der Waals surface area contributed by atoms with Crippen molar-refractivity contribution in [3.63, 3.8) is 0 Å². The van der Waals surface area contributed by atoms with Crippen LogP contribution in [0.15, 0.2) is 133 Å². The molecular formula is C38H26. The second kappa shape index (κ2) is 8.43. The lowest BCUT2D eigenvalue weighted by molar-refractivity contribution is 0.978. The van der Waals surface area contributed by atoms with Crippen LogP contribution in [-0.4, -0.2) is 0 Å². The Balaban J connectivity index is 1.46. The van der Waals surface area contributed by atoms with Gasteiger partial charge in [-0.3, -0.25) is 0 Å². The van der Waals surface area contributed by atoms with Crippen LogP contribution in [0.3, 0.4) is 0 Å². The van der Waals surface area contributed by atoms with E-state index >= 15 is 0 Å². The van der Waals surface area contributed by atoms with Crippen LogP contribution in [0, 0.1) is 0 Å². The zero-order chi connectivity index (χ0) is 25.1. The molecule has 38 heavy (non-hydrogen) atoms. The average Bonchev–Trinajstić information content (AvgIpc) is 2.99. The third-order valence-corrected chi connectivity index (χ3v) is 8.30. The summed E-state index contributed by atoms with van der Waals surface area (Å²) in [5.41, 5.74) is 8.14. The van der Waals surface area contributed by atoms with Gasteiger partial charge in [0, 0.05) is 0 Å². The number of fused-ring (bicyclic) bond motifs is 6. The summed E-state index contributed by atoms with van der Waals surface area (Å²) in [6, 6.07) is 47.1. The maximum atomic E-state index is 2.46. The van der Waals surface area contributed by atoms with E-state index in [4.69, 9.17) is 0 Å². The molecule has 0 aliphatic heterocycles. The number of benzene rings is 7. The maximum absolute atomic E-state index is 2.46. The van der Waals surface area contributed by atoms with E-state index in [0.717, 1.165) is 12.8 Å². The average molecular weight is 483 g/mol. The first-order chi connectivity index (χ1) is 18.9. The zero-order valence-electron chi connectivity index (χ0n) is 21.1. The quantitative estimate of drug-likeness (QED) is 0.170. The van der Waals surface area contributed by atoms with E-state index in [2.05, 4.69) is 133 Å². The van der Waals surface area contributed by atoms with Crippen LogP contribution < -0.4 is 0 Å². The van der Waals surface area contributed by atoms with Crippen LogP contribution >= 0.6 is 0 Å². The van der Waals surface area contributed by atoms with Crippen molar-refractivity contribution in [2.45, 2.75) is 12.8 Å². The van der Waals surface area contributed by atoms with Gasteiger partial charge in [0.05, 0.1) is 0 Å². The molecule has 0 atom stereocenters. The molecule has 0 saturated carbocycles. The largest absolute Gasteiger partial charge is 0.0757 e. The summed E-state index contributed by atoms with van der Waals surface area (Å²) in [6.45, 7) is 0. The minimum Gasteiger partial charge on any atom is -0.0757 e. The summed E-state index contributed by atoms with van der Waals surface area (Å²) in [5, 5.41) is 10.4. The molecule has 1 aliphatic carbocycles. The fourth-order valence-electron chi connectivity index (χ4n) is 6.62. The monoisotopic (exact) mass is 482 g/mol. The molecule has 0 aromatic heterocycles. The summed E-state index contributed by atoms with van der Waals surface area (Å²) in [4.78, 5) is 0. The highest BCUT2D eigenvalue weighted by molar-refractivity contribution is 6.21. The molecule has 0 unspecified atom stereocenters. The van der Waals surface area contributed by atoms with Gasteiger partial charge in [-0.05, 0) is 95.4 Å². The summed E-state index contributed by atoms with van der Waals surface area (Å²) in [7, 11) is 0. The molecule has 0 fully saturated rings. The Morgan fingerprint density at radius 1 is 0.421 bits per heavy atom. The normalized spacial score (nSPS) is 13.2. The molecule has 0 spiro atoms. The van der Waals surface area contributed by atoms with Gasteiger partial charge in [0.1, 0.15) is 0 Å². The highest BCUT2D eigenvalue weighted by atomic mass is 14.2. The van der Waals surface area contributed by atoms with E-state index in [9.17, 15) is 0 Å². The van der Waals surface area contributed by atoms with Crippen molar-refractivity contribution in [1.29, 1.82) is 0 Å². The van der Waals surface area contributed by atoms with E-state index in [1.54, 1.807) is 0 Å². The van der Waals surface area contributed by atoms with Crippen LogP contribution in [0.1, 0.15) is 23.1 Å². The van der Waals surface area contributed by atoms with Gasteiger partial charge in [-0.25, -0.2) is 0 Å². The number of aryl methyl sites for hydroxylation is 1. The van der Waals surface area contributed by atoms with Crippen molar-refractivity contribution in [1.82, 2.24) is 0 Å². The fourth-order valence-corrected chi connectivity index (χ4v) is 6.62. The minimum absolute atomic E-state index is 1.08. The van der Waals surface area contributed by atoms with E-state index in [-0.39, 0.29) is 0 Å². The Morgan fingerprint density at radius 2 is 1.00 bits per heavy atom. The first-order valence-corrected chi connectivity index (χ1v) is 13.5. The molecule has 0 heteroatoms. The molecule has 0 nitrogen and oxygen atoms in total. The molecule has 178 valence electrons. The zero-order valence-corrected chi connectivity index (χ0v) is 21.1. The number of hydrogen-bond donors (Lipinski definition) is 0. The van der Waals surface area contributed by atoms with Gasteiger partial charge in [-0.1, -0.05) is 127 Å². The van der Waals surface area contributed by atoms with E-state index < -0.39 is 0 Å². The van der Waals surface area contributed by atoms with Crippen molar-refractivity contribution in [3.8, 4) is 11.1 Å². The van der Waals surface area contributed by atoms with Gasteiger partial charge in [0.15, 0.2) is 0 Å². The third kappa shape index (κ3) is 3.17. The molecule has 0 N–H and O–H groups in total. The van der Waals surface area contributed by atoms with Crippen molar-refractivity contribution in [2.24, 2.45) is 0 Å². The Kier molecular flexibility index (Phi) is 4.75. The predicted molar refractivity (Wildman–Crippen MR) is 164 cm³/mol. The fraction of sp³-hybridized carbons (Fsp3) is 0.0526. The lowest BCUT2D eigenvalue weighted by atomic mass is 9.80. The molecular weight excluding hydrogens is 456 g/mol. The Hall–Kier alpha value is -4.68. The van der Waals surface area contributed by atoms with Crippen LogP contribution in [0.25, 0.3) is 59.8 Å². The molecule has 1 aliphatic rings. The highest BCUT2D eigenvalue weighted by Crippen LogP contribution is 2.45. The Labute approximate surface area is 222 Å². The van der Waals surface area contributed by atoms with Gasteiger partial charge in [-0.15, -0.1) is 0 Å². The summed E-state index contributed by atoms with van der Waals surface area (Å²) in [5.74, 6) is 0. The standard InChI is InChI=1S/C38H26/c1-4-14-30-25(10-1)12-9-19-32(30)38-35-17-7-5-15-33(35)37(34-16-6-8-18-36(34)38)28-22-23-31-27(24-28)21-20-26-11-2-3-13-29(26)31/h1-8,10-11,13-24H,9,12H2. The van der Waals surface area contributed by atoms with Crippen LogP contribution in [0.2, 0.25) is 0 Å². The van der Waals surface area contributed by atoms with E-state index in [1.807, 2.05) is 0 Å². The predicted octanol–water partition coefficient (Wildman–Crippen LogP) is 10.3. The first kappa shape index (κ1) is 21.4. The lowest BCUT2D eigenvalue weighted by Crippen LogP contribution is -2.02. The van der Waals surface area contributed by atoms with E-state index in [0.29, 0.717) is 0 Å². The van der Waals surface area contributed by atoms with E-state index in [1.165, 1.54) is 76.5 Å². The van der Waals surface area contributed by atoms with Gasteiger partial charge in [0.25, 0.3) is 0 Å². The van der Waals surface area contributed by atoms with Crippen molar-refractivity contribution < 1.29 is 0 Å². The summed E-state index contributed by atoms with van der Waals surface area (Å²) in [6.07, 6.45) is 4.64. The second-order valence-corrected chi connectivity index (χ2v) is 10.4. The second-order valence-electron chi connectivity index (χ2n) is 10.4. The molecule has 7 aromatic rings. The van der Waals surface area contributed by atoms with Crippen LogP contribution in [-0.2, 0) is 6.42 Å². The smallest absolute Gasteiger partial charge is 0.00235 e. The topological polar surface area (TPSA) is 0 Å². The third-order valence-electron chi connectivity index (χ3n) is 8.30. The van der Waals surface area contributed by atoms with Crippen LogP contribution in [0.4, 0.5) is 0 Å². The van der Waals surface area contributed by atoms with Gasteiger partial charge in [0.2, 0.25) is 0 Å². The molecule has 0 amide bonds. The van der Waals surface area contributed by atoms with Gasteiger partial charge >= 0.3 is 0 Å². The molecule has 0 bridgehead atoms. The van der Waals surface area contributed by atoms with Crippen molar-refractivity contribution in [3.05, 3.63) is 150 Å². The summed E-state index contributed by atoms with van der Waals surface area (Å²) >= 11 is 0. The molecule has 7 aromatic carbocycles. The number of hydrogen-bond acceptors (Lipinski definition) is 0. The molecule has 8 rings (SSSR count). The van der Waals surface area contributed by atoms with Crippen molar-refractivity contribution >= 4 is 48.7 Å².